The lowest BCUT2D eigenvalue weighted by atomic mass is 10.1. The van der Waals surface area contributed by atoms with Crippen molar-refractivity contribution >= 4 is 28.8 Å². The van der Waals surface area contributed by atoms with Crippen LogP contribution in [0.4, 0.5) is 5.82 Å². The first-order chi connectivity index (χ1) is 10.2. The zero-order chi connectivity index (χ0) is 14.4. The molecule has 106 valence electrons. The molecule has 0 spiro atoms. The average Bonchev–Trinajstić information content (AvgIpc) is 3.15. The van der Waals surface area contributed by atoms with Gasteiger partial charge in [-0.25, -0.2) is 4.68 Å². The summed E-state index contributed by atoms with van der Waals surface area (Å²) in [6.07, 6.45) is 1.02. The number of hydrogen-bond acceptors (Lipinski definition) is 3. The fraction of sp³-hybridized carbons (Fsp3) is 0.188. The first-order valence-corrected chi connectivity index (χ1v) is 8.21. The van der Waals surface area contributed by atoms with Crippen LogP contribution in [0.2, 0.25) is 5.02 Å². The first kappa shape index (κ1) is 12.9. The van der Waals surface area contributed by atoms with E-state index in [9.17, 15) is 0 Å². The van der Waals surface area contributed by atoms with Gasteiger partial charge in [0.15, 0.2) is 0 Å². The van der Waals surface area contributed by atoms with Crippen LogP contribution in [0.15, 0.2) is 35.0 Å². The number of nitrogens with one attached hydrogen (secondary N) is 1. The average molecular weight is 316 g/mol. The lowest BCUT2D eigenvalue weighted by Gasteiger charge is -2.09. The molecule has 3 aromatic rings. The summed E-state index contributed by atoms with van der Waals surface area (Å²) in [6, 6.07) is 8.05. The second kappa shape index (κ2) is 4.90. The second-order valence-corrected chi connectivity index (χ2v) is 6.42. The predicted octanol–water partition coefficient (Wildman–Crippen LogP) is 4.53. The van der Waals surface area contributed by atoms with Crippen LogP contribution in [0.1, 0.15) is 11.1 Å². The summed E-state index contributed by atoms with van der Waals surface area (Å²) in [5, 5.41) is 13.3. The first-order valence-electron chi connectivity index (χ1n) is 6.89. The summed E-state index contributed by atoms with van der Waals surface area (Å²) >= 11 is 7.77. The lowest BCUT2D eigenvalue weighted by molar-refractivity contribution is 0.875. The number of rotatable bonds is 2. The molecule has 0 radical (unpaired) electrons. The number of aryl methyl sites for hydroxylation is 1. The van der Waals surface area contributed by atoms with Crippen molar-refractivity contribution in [2.45, 2.75) is 13.3 Å². The van der Waals surface area contributed by atoms with Crippen molar-refractivity contribution < 1.29 is 0 Å². The van der Waals surface area contributed by atoms with Crippen molar-refractivity contribution in [2.75, 3.05) is 11.9 Å². The van der Waals surface area contributed by atoms with Crippen LogP contribution in [0.3, 0.4) is 0 Å². The molecule has 0 fully saturated rings. The van der Waals surface area contributed by atoms with Gasteiger partial charge in [-0.1, -0.05) is 11.6 Å². The van der Waals surface area contributed by atoms with Crippen LogP contribution in [0, 0.1) is 6.92 Å². The number of nitrogens with zero attached hydrogens (tertiary/aromatic N) is 2. The van der Waals surface area contributed by atoms with E-state index in [-0.39, 0.29) is 0 Å². The van der Waals surface area contributed by atoms with Crippen molar-refractivity contribution in [3.8, 4) is 16.9 Å². The molecule has 0 atom stereocenters. The molecule has 1 aliphatic heterocycles. The highest BCUT2D eigenvalue weighted by atomic mass is 35.5. The molecule has 0 bridgehead atoms. The maximum absolute atomic E-state index is 6.06. The molecular weight excluding hydrogens is 302 g/mol. The maximum atomic E-state index is 6.06. The van der Waals surface area contributed by atoms with E-state index in [1.165, 1.54) is 11.1 Å². The molecule has 0 aliphatic carbocycles. The third-order valence-electron chi connectivity index (χ3n) is 3.83. The Bertz CT molecular complexity index is 805. The van der Waals surface area contributed by atoms with E-state index in [1.807, 2.05) is 22.9 Å². The van der Waals surface area contributed by atoms with Crippen LogP contribution in [0.5, 0.6) is 0 Å². The minimum absolute atomic E-state index is 0.756. The van der Waals surface area contributed by atoms with Gasteiger partial charge in [0.1, 0.15) is 5.82 Å². The van der Waals surface area contributed by atoms with Crippen LogP contribution in [-0.2, 0) is 6.42 Å². The van der Waals surface area contributed by atoms with Gasteiger partial charge in [-0.15, -0.1) is 0 Å². The third kappa shape index (κ3) is 2.06. The molecule has 3 nitrogen and oxygen atoms in total. The van der Waals surface area contributed by atoms with Gasteiger partial charge in [0.2, 0.25) is 0 Å². The fourth-order valence-corrected chi connectivity index (χ4v) is 3.70. The zero-order valence-corrected chi connectivity index (χ0v) is 13.1. The van der Waals surface area contributed by atoms with E-state index in [1.54, 1.807) is 11.3 Å². The van der Waals surface area contributed by atoms with E-state index in [0.717, 1.165) is 40.8 Å². The van der Waals surface area contributed by atoms with Crippen molar-refractivity contribution in [2.24, 2.45) is 0 Å². The minimum Gasteiger partial charge on any atom is -0.369 e. The largest absolute Gasteiger partial charge is 0.369 e. The Morgan fingerprint density at radius 2 is 2.24 bits per heavy atom. The highest BCUT2D eigenvalue weighted by Gasteiger charge is 2.24. The number of benzene rings is 1. The Labute approximate surface area is 132 Å². The number of aromatic nitrogens is 2. The molecule has 4 rings (SSSR count). The van der Waals surface area contributed by atoms with Crippen LogP contribution >= 0.6 is 22.9 Å². The van der Waals surface area contributed by atoms with E-state index in [0.29, 0.717) is 0 Å². The quantitative estimate of drug-likeness (QED) is 0.753. The fourth-order valence-electron chi connectivity index (χ4n) is 2.84. The monoisotopic (exact) mass is 315 g/mol. The molecule has 0 saturated heterocycles. The maximum Gasteiger partial charge on any atom is 0.133 e. The Morgan fingerprint density at radius 3 is 3.00 bits per heavy atom. The summed E-state index contributed by atoms with van der Waals surface area (Å²) in [5.74, 6) is 1.11. The number of hydrogen-bond donors (Lipinski definition) is 1. The standard InChI is InChI=1S/C16H14ClN3S/c1-10-8-12(17)2-3-14(10)20-16-13(4-6-18-16)15(19-20)11-5-7-21-9-11/h2-3,5,7-9,18H,4,6H2,1H3. The molecule has 1 aromatic carbocycles. The molecule has 1 N–H and O–H groups in total. The lowest BCUT2D eigenvalue weighted by Crippen LogP contribution is -2.05. The summed E-state index contributed by atoms with van der Waals surface area (Å²) in [4.78, 5) is 0. The van der Waals surface area contributed by atoms with E-state index >= 15 is 0 Å². The Balaban J connectivity index is 1.92. The van der Waals surface area contributed by atoms with Crippen molar-refractivity contribution in [1.82, 2.24) is 9.78 Å². The summed E-state index contributed by atoms with van der Waals surface area (Å²) in [5.41, 5.74) is 5.79. The molecule has 3 heterocycles. The number of fused-ring (bicyclic) bond motifs is 1. The predicted molar refractivity (Wildman–Crippen MR) is 88.8 cm³/mol. The molecule has 0 amide bonds. The number of halogens is 1. The Hall–Kier alpha value is -1.78. The van der Waals surface area contributed by atoms with Crippen LogP contribution in [0.25, 0.3) is 16.9 Å². The molecule has 2 aromatic heterocycles. The highest BCUT2D eigenvalue weighted by Crippen LogP contribution is 2.36. The summed E-state index contributed by atoms with van der Waals surface area (Å²) < 4.78 is 2.01. The molecular formula is C16H14ClN3S. The second-order valence-electron chi connectivity index (χ2n) is 5.21. The smallest absolute Gasteiger partial charge is 0.133 e. The van der Waals surface area contributed by atoms with E-state index in [4.69, 9.17) is 16.7 Å². The molecule has 0 saturated carbocycles. The Kier molecular flexibility index (Phi) is 3.01. The van der Waals surface area contributed by atoms with Crippen molar-refractivity contribution in [1.29, 1.82) is 0 Å². The van der Waals surface area contributed by atoms with Crippen molar-refractivity contribution in [3.05, 3.63) is 51.2 Å². The number of anilines is 1. The van der Waals surface area contributed by atoms with Gasteiger partial charge in [0.25, 0.3) is 0 Å². The minimum atomic E-state index is 0.756. The van der Waals surface area contributed by atoms with Gasteiger partial charge in [-0.05, 0) is 48.6 Å². The van der Waals surface area contributed by atoms with Gasteiger partial charge in [-0.2, -0.15) is 16.4 Å². The Morgan fingerprint density at radius 1 is 1.33 bits per heavy atom. The van der Waals surface area contributed by atoms with E-state index in [2.05, 4.69) is 29.1 Å². The number of thiophene rings is 1. The third-order valence-corrected chi connectivity index (χ3v) is 4.75. The van der Waals surface area contributed by atoms with Gasteiger partial charge < -0.3 is 5.32 Å². The zero-order valence-electron chi connectivity index (χ0n) is 11.6. The summed E-state index contributed by atoms with van der Waals surface area (Å²) in [6.45, 7) is 3.03. The van der Waals surface area contributed by atoms with Crippen LogP contribution in [-0.4, -0.2) is 16.3 Å². The molecule has 5 heteroatoms. The SMILES string of the molecule is Cc1cc(Cl)ccc1-n1nc(-c2ccsc2)c2c1NCC2. The van der Waals surface area contributed by atoms with Gasteiger partial charge in [0.05, 0.1) is 11.4 Å². The molecule has 1 aliphatic rings. The van der Waals surface area contributed by atoms with Gasteiger partial charge in [0, 0.05) is 28.1 Å². The van der Waals surface area contributed by atoms with Crippen LogP contribution < -0.4 is 5.32 Å². The molecule has 21 heavy (non-hydrogen) atoms. The summed E-state index contributed by atoms with van der Waals surface area (Å²) in [7, 11) is 0. The normalized spacial score (nSPS) is 13.2. The van der Waals surface area contributed by atoms with Gasteiger partial charge in [-0.3, -0.25) is 0 Å². The van der Waals surface area contributed by atoms with E-state index < -0.39 is 0 Å². The topological polar surface area (TPSA) is 29.9 Å². The van der Waals surface area contributed by atoms with Gasteiger partial charge >= 0.3 is 0 Å². The molecule has 0 unspecified atom stereocenters. The highest BCUT2D eigenvalue weighted by molar-refractivity contribution is 7.08. The van der Waals surface area contributed by atoms with Crippen molar-refractivity contribution in [3.63, 3.8) is 0 Å².